The lowest BCUT2D eigenvalue weighted by molar-refractivity contribution is -0.149. The zero-order valence-corrected chi connectivity index (χ0v) is 15.8. The van der Waals surface area contributed by atoms with E-state index in [-0.39, 0.29) is 26.4 Å². The summed E-state index contributed by atoms with van der Waals surface area (Å²) < 4.78 is 19.4. The number of benzene rings is 1. The average molecular weight is 390 g/mol. The third kappa shape index (κ3) is 7.06. The minimum Gasteiger partial charge on any atom is -0.462 e. The zero-order valence-electron chi connectivity index (χ0n) is 15.8. The van der Waals surface area contributed by atoms with Crippen LogP contribution in [0.25, 0.3) is 0 Å². The van der Waals surface area contributed by atoms with Gasteiger partial charge in [-0.3, -0.25) is 0 Å². The molecule has 0 aliphatic heterocycles. The molecule has 0 bridgehead atoms. The summed E-state index contributed by atoms with van der Waals surface area (Å²) in [7, 11) is 0. The maximum Gasteiger partial charge on any atom is 0.345 e. The summed E-state index contributed by atoms with van der Waals surface area (Å²) in [6, 6.07) is 6.68. The smallest absolute Gasteiger partial charge is 0.345 e. The molecule has 1 aromatic carbocycles. The van der Waals surface area contributed by atoms with Crippen LogP contribution in [0.15, 0.2) is 48.6 Å². The van der Waals surface area contributed by atoms with Gasteiger partial charge in [0.25, 0.3) is 0 Å². The number of esters is 4. The molecule has 1 rings (SSSR count). The normalized spacial score (nSPS) is 9.79. The van der Waals surface area contributed by atoms with Gasteiger partial charge in [0.2, 0.25) is 0 Å². The van der Waals surface area contributed by atoms with Gasteiger partial charge in [-0.15, -0.1) is 0 Å². The Morgan fingerprint density at radius 3 is 1.43 bits per heavy atom. The highest BCUT2D eigenvalue weighted by Gasteiger charge is 2.19. The Hall–Kier alpha value is -3.42. The van der Waals surface area contributed by atoms with Gasteiger partial charge in [-0.25, -0.2) is 19.2 Å². The molecule has 0 heterocycles. The summed E-state index contributed by atoms with van der Waals surface area (Å²) in [6.45, 7) is 9.91. The molecular weight excluding hydrogens is 368 g/mol. The Morgan fingerprint density at radius 2 is 1.07 bits per heavy atom. The van der Waals surface area contributed by atoms with Crippen LogP contribution in [0.5, 0.6) is 0 Å². The van der Waals surface area contributed by atoms with E-state index in [1.54, 1.807) is 38.1 Å². The number of rotatable bonds is 10. The summed E-state index contributed by atoms with van der Waals surface area (Å²) in [5, 5.41) is 0. The lowest BCUT2D eigenvalue weighted by Gasteiger charge is -2.09. The van der Waals surface area contributed by atoms with E-state index in [1.807, 2.05) is 0 Å². The SMILES string of the molecule is C=C(C(=O)OCC)C(=O)OCc1cccc(COC(=O)C(=C)C(=O)OCC)c1. The Morgan fingerprint density at radius 1 is 0.714 bits per heavy atom. The zero-order chi connectivity index (χ0) is 21.1. The van der Waals surface area contributed by atoms with Crippen LogP contribution in [-0.2, 0) is 51.3 Å². The molecule has 8 nitrogen and oxygen atoms in total. The number of carbonyl (C=O) groups excluding carboxylic acids is 4. The summed E-state index contributed by atoms with van der Waals surface area (Å²) in [4.78, 5) is 46.4. The predicted molar refractivity (Wildman–Crippen MR) is 97.6 cm³/mol. The van der Waals surface area contributed by atoms with Crippen molar-refractivity contribution in [1.29, 1.82) is 0 Å². The van der Waals surface area contributed by atoms with Gasteiger partial charge in [0, 0.05) is 0 Å². The van der Waals surface area contributed by atoms with Gasteiger partial charge in [0.05, 0.1) is 13.2 Å². The van der Waals surface area contributed by atoms with Gasteiger partial charge in [-0.1, -0.05) is 31.4 Å². The van der Waals surface area contributed by atoms with E-state index in [4.69, 9.17) is 9.47 Å². The molecule has 0 aliphatic carbocycles. The maximum absolute atomic E-state index is 11.8. The number of ether oxygens (including phenoxy) is 4. The first-order valence-corrected chi connectivity index (χ1v) is 8.44. The molecule has 0 atom stereocenters. The monoisotopic (exact) mass is 390 g/mol. The van der Waals surface area contributed by atoms with Crippen LogP contribution in [0.4, 0.5) is 0 Å². The summed E-state index contributed by atoms with van der Waals surface area (Å²) in [5.74, 6) is -3.45. The first-order chi connectivity index (χ1) is 13.3. The van der Waals surface area contributed by atoms with E-state index in [9.17, 15) is 19.2 Å². The predicted octanol–water partition coefficient (Wildman–Crippen LogP) is 2.01. The van der Waals surface area contributed by atoms with Crippen molar-refractivity contribution < 1.29 is 38.1 Å². The van der Waals surface area contributed by atoms with Gasteiger partial charge in [0.1, 0.15) is 24.4 Å². The van der Waals surface area contributed by atoms with E-state index < -0.39 is 35.0 Å². The highest BCUT2D eigenvalue weighted by Crippen LogP contribution is 2.11. The average Bonchev–Trinajstić information content (AvgIpc) is 2.69. The second-order valence-corrected chi connectivity index (χ2v) is 5.37. The van der Waals surface area contributed by atoms with Crippen molar-refractivity contribution in [2.75, 3.05) is 13.2 Å². The molecule has 0 aliphatic rings. The summed E-state index contributed by atoms with van der Waals surface area (Å²) in [6.07, 6.45) is 0. The fourth-order valence-corrected chi connectivity index (χ4v) is 1.88. The van der Waals surface area contributed by atoms with Crippen LogP contribution in [0.1, 0.15) is 25.0 Å². The van der Waals surface area contributed by atoms with E-state index >= 15 is 0 Å². The van der Waals surface area contributed by atoms with Crippen LogP contribution in [-0.4, -0.2) is 37.1 Å². The van der Waals surface area contributed by atoms with Crippen molar-refractivity contribution in [3.63, 3.8) is 0 Å². The minimum atomic E-state index is -0.888. The Balaban J connectivity index is 2.58. The molecule has 0 saturated heterocycles. The molecule has 0 amide bonds. The van der Waals surface area contributed by atoms with Crippen LogP contribution in [0, 0.1) is 0 Å². The molecule has 0 spiro atoms. The lowest BCUT2D eigenvalue weighted by atomic mass is 10.1. The first-order valence-electron chi connectivity index (χ1n) is 8.44. The fraction of sp³-hybridized carbons (Fsp3) is 0.300. The maximum atomic E-state index is 11.8. The molecule has 150 valence electrons. The highest BCUT2D eigenvalue weighted by atomic mass is 16.6. The molecule has 0 aromatic heterocycles. The van der Waals surface area contributed by atoms with E-state index in [2.05, 4.69) is 22.6 Å². The molecule has 0 N–H and O–H groups in total. The fourth-order valence-electron chi connectivity index (χ4n) is 1.88. The second-order valence-electron chi connectivity index (χ2n) is 5.37. The van der Waals surface area contributed by atoms with Crippen LogP contribution >= 0.6 is 0 Å². The van der Waals surface area contributed by atoms with E-state index in [1.165, 1.54) is 0 Å². The number of carbonyl (C=O) groups is 4. The largest absolute Gasteiger partial charge is 0.462 e. The molecule has 0 saturated carbocycles. The van der Waals surface area contributed by atoms with Gasteiger partial charge in [0.15, 0.2) is 0 Å². The molecule has 28 heavy (non-hydrogen) atoms. The van der Waals surface area contributed by atoms with Crippen molar-refractivity contribution in [2.24, 2.45) is 0 Å². The molecule has 0 radical (unpaired) electrons. The minimum absolute atomic E-state index is 0.116. The standard InChI is InChI=1S/C20H22O8/c1-5-25-17(21)13(3)19(23)27-11-15-8-7-9-16(10-15)12-28-20(24)14(4)18(22)26-6-2/h7-10H,3-6,11-12H2,1-2H3. The van der Waals surface area contributed by atoms with Crippen molar-refractivity contribution in [2.45, 2.75) is 27.1 Å². The third-order valence-electron chi connectivity index (χ3n) is 3.27. The summed E-state index contributed by atoms with van der Waals surface area (Å²) in [5.41, 5.74) is 0.402. The van der Waals surface area contributed by atoms with Crippen LogP contribution in [0.2, 0.25) is 0 Å². The van der Waals surface area contributed by atoms with Gasteiger partial charge in [-0.2, -0.15) is 0 Å². The molecular formula is C20H22O8. The van der Waals surface area contributed by atoms with Crippen LogP contribution < -0.4 is 0 Å². The van der Waals surface area contributed by atoms with E-state index in [0.717, 1.165) is 0 Å². The second kappa shape index (κ2) is 11.3. The Labute approximate surface area is 162 Å². The quantitative estimate of drug-likeness (QED) is 0.196. The van der Waals surface area contributed by atoms with Crippen molar-refractivity contribution in [3.05, 3.63) is 59.7 Å². The van der Waals surface area contributed by atoms with Gasteiger partial charge < -0.3 is 18.9 Å². The molecule has 0 fully saturated rings. The van der Waals surface area contributed by atoms with Crippen molar-refractivity contribution in [3.8, 4) is 0 Å². The Bertz CT molecular complexity index is 717. The molecule has 0 unspecified atom stereocenters. The highest BCUT2D eigenvalue weighted by molar-refractivity contribution is 6.13. The van der Waals surface area contributed by atoms with Crippen molar-refractivity contribution >= 4 is 23.9 Å². The Kier molecular flexibility index (Phi) is 9.15. The van der Waals surface area contributed by atoms with Gasteiger partial charge in [-0.05, 0) is 31.0 Å². The van der Waals surface area contributed by atoms with Crippen molar-refractivity contribution in [1.82, 2.24) is 0 Å². The summed E-state index contributed by atoms with van der Waals surface area (Å²) >= 11 is 0. The third-order valence-corrected chi connectivity index (χ3v) is 3.27. The first kappa shape index (κ1) is 22.6. The molecule has 1 aromatic rings. The number of hydrogen-bond donors (Lipinski definition) is 0. The molecule has 8 heteroatoms. The van der Waals surface area contributed by atoms with E-state index in [0.29, 0.717) is 11.1 Å². The topological polar surface area (TPSA) is 105 Å². The van der Waals surface area contributed by atoms with Gasteiger partial charge >= 0.3 is 23.9 Å². The number of hydrogen-bond acceptors (Lipinski definition) is 8. The lowest BCUT2D eigenvalue weighted by Crippen LogP contribution is -2.17. The van der Waals surface area contributed by atoms with Crippen LogP contribution in [0.3, 0.4) is 0 Å².